The zero-order valence-corrected chi connectivity index (χ0v) is 8.66. The number of nitrogens with one attached hydrogen (secondary N) is 1. The third kappa shape index (κ3) is 1.29. The van der Waals surface area contributed by atoms with Crippen LogP contribution in [0, 0.1) is 0 Å². The Kier molecular flexibility index (Phi) is 1.89. The molecule has 3 heterocycles. The van der Waals surface area contributed by atoms with Crippen molar-refractivity contribution in [3.05, 3.63) is 0 Å². The van der Waals surface area contributed by atoms with E-state index in [1.165, 1.54) is 0 Å². The van der Waals surface area contributed by atoms with E-state index >= 15 is 0 Å². The summed E-state index contributed by atoms with van der Waals surface area (Å²) >= 11 is 0. The fourth-order valence-corrected chi connectivity index (χ4v) is 2.66. The largest absolute Gasteiger partial charge is 0.368 e. The number of rotatable bonds is 0. The normalized spacial score (nSPS) is 50.1. The molecule has 0 aliphatic carbocycles. The van der Waals surface area contributed by atoms with Crippen molar-refractivity contribution in [2.45, 2.75) is 50.5 Å². The SMILES string of the molecule is CC1(C)O[C@@H]2[C@H](O1)[C@H]1CNCC[C@@H]2O1. The minimum Gasteiger partial charge on any atom is -0.368 e. The smallest absolute Gasteiger partial charge is 0.164 e. The Bertz CT molecular complexity index is 222. The lowest BCUT2D eigenvalue weighted by molar-refractivity contribution is -0.184. The van der Waals surface area contributed by atoms with Crippen molar-refractivity contribution in [2.75, 3.05) is 13.1 Å². The highest BCUT2D eigenvalue weighted by atomic mass is 16.8. The Balaban J connectivity index is 1.84. The predicted molar refractivity (Wildman–Crippen MR) is 50.0 cm³/mol. The zero-order chi connectivity index (χ0) is 9.76. The van der Waals surface area contributed by atoms with Gasteiger partial charge in [0.1, 0.15) is 12.2 Å². The Labute approximate surface area is 83.9 Å². The van der Waals surface area contributed by atoms with Crippen molar-refractivity contribution < 1.29 is 14.2 Å². The van der Waals surface area contributed by atoms with Crippen molar-refractivity contribution in [1.82, 2.24) is 5.32 Å². The Morgan fingerprint density at radius 1 is 1.14 bits per heavy atom. The highest BCUT2D eigenvalue weighted by Gasteiger charge is 2.55. The van der Waals surface area contributed by atoms with E-state index < -0.39 is 5.79 Å². The molecule has 80 valence electrons. The van der Waals surface area contributed by atoms with Crippen LogP contribution < -0.4 is 5.32 Å². The summed E-state index contributed by atoms with van der Waals surface area (Å²) < 4.78 is 17.6. The molecule has 3 aliphatic rings. The maximum Gasteiger partial charge on any atom is 0.164 e. The highest BCUT2D eigenvalue weighted by Crippen LogP contribution is 2.40. The van der Waals surface area contributed by atoms with E-state index in [0.717, 1.165) is 19.5 Å². The number of hydrogen-bond donors (Lipinski definition) is 1. The standard InChI is InChI=1S/C10H17NO3/c1-10(2)13-8-6-3-4-11-5-7(12-6)9(8)14-10/h6-9,11H,3-5H2,1-2H3/t6-,7+,8-,9+/m0/s1. The second kappa shape index (κ2) is 2.92. The van der Waals surface area contributed by atoms with Gasteiger partial charge in [0, 0.05) is 6.54 Å². The molecule has 4 atom stereocenters. The van der Waals surface area contributed by atoms with E-state index in [1.807, 2.05) is 13.8 Å². The van der Waals surface area contributed by atoms with Gasteiger partial charge in [-0.15, -0.1) is 0 Å². The molecule has 14 heavy (non-hydrogen) atoms. The molecule has 3 rings (SSSR count). The molecule has 0 amide bonds. The molecule has 0 unspecified atom stereocenters. The number of hydrogen-bond acceptors (Lipinski definition) is 4. The monoisotopic (exact) mass is 199 g/mol. The third-order valence-electron chi connectivity index (χ3n) is 3.20. The van der Waals surface area contributed by atoms with Crippen LogP contribution >= 0.6 is 0 Å². The first-order valence-electron chi connectivity index (χ1n) is 5.37. The molecule has 0 saturated carbocycles. The molecule has 3 aliphatic heterocycles. The Morgan fingerprint density at radius 3 is 2.64 bits per heavy atom. The summed E-state index contributed by atoms with van der Waals surface area (Å²) in [5, 5.41) is 3.36. The van der Waals surface area contributed by atoms with Gasteiger partial charge in [-0.25, -0.2) is 0 Å². The highest BCUT2D eigenvalue weighted by molar-refractivity contribution is 5.00. The zero-order valence-electron chi connectivity index (χ0n) is 8.66. The quantitative estimate of drug-likeness (QED) is 0.608. The van der Waals surface area contributed by atoms with Gasteiger partial charge in [-0.2, -0.15) is 0 Å². The number of ether oxygens (including phenoxy) is 3. The summed E-state index contributed by atoms with van der Waals surface area (Å²) in [5.41, 5.74) is 0. The van der Waals surface area contributed by atoms with E-state index in [1.54, 1.807) is 0 Å². The first-order valence-corrected chi connectivity index (χ1v) is 5.37. The van der Waals surface area contributed by atoms with Crippen LogP contribution in [0.2, 0.25) is 0 Å². The first kappa shape index (κ1) is 9.09. The van der Waals surface area contributed by atoms with E-state index in [9.17, 15) is 0 Å². The second-order valence-electron chi connectivity index (χ2n) is 4.77. The summed E-state index contributed by atoms with van der Waals surface area (Å²) in [6, 6.07) is 0. The van der Waals surface area contributed by atoms with Gasteiger partial charge in [0.2, 0.25) is 0 Å². The maximum absolute atomic E-state index is 5.87. The van der Waals surface area contributed by atoms with Crippen LogP contribution in [0.5, 0.6) is 0 Å². The van der Waals surface area contributed by atoms with Gasteiger partial charge >= 0.3 is 0 Å². The van der Waals surface area contributed by atoms with Gasteiger partial charge in [-0.05, 0) is 26.8 Å². The fraction of sp³-hybridized carbons (Fsp3) is 1.00. The van der Waals surface area contributed by atoms with Gasteiger partial charge in [-0.3, -0.25) is 0 Å². The molecule has 0 aromatic carbocycles. The second-order valence-corrected chi connectivity index (χ2v) is 4.77. The molecule has 3 fully saturated rings. The number of fused-ring (bicyclic) bond motifs is 5. The van der Waals surface area contributed by atoms with Crippen LogP contribution in [-0.2, 0) is 14.2 Å². The Hall–Kier alpha value is -0.160. The van der Waals surface area contributed by atoms with E-state index in [0.29, 0.717) is 0 Å². The lowest BCUT2D eigenvalue weighted by Gasteiger charge is -2.22. The third-order valence-corrected chi connectivity index (χ3v) is 3.20. The maximum atomic E-state index is 5.87. The van der Waals surface area contributed by atoms with E-state index in [2.05, 4.69) is 5.32 Å². The van der Waals surface area contributed by atoms with Gasteiger partial charge in [0.05, 0.1) is 12.2 Å². The molecule has 0 spiro atoms. The molecule has 4 nitrogen and oxygen atoms in total. The van der Waals surface area contributed by atoms with Crippen LogP contribution in [0.15, 0.2) is 0 Å². The van der Waals surface area contributed by atoms with E-state index in [-0.39, 0.29) is 24.4 Å². The van der Waals surface area contributed by atoms with Gasteiger partial charge in [0.25, 0.3) is 0 Å². The van der Waals surface area contributed by atoms with Gasteiger partial charge in [-0.1, -0.05) is 0 Å². The molecule has 3 saturated heterocycles. The molecule has 0 aromatic heterocycles. The molecule has 0 aromatic rings. The van der Waals surface area contributed by atoms with Crippen LogP contribution in [0.25, 0.3) is 0 Å². The molecule has 4 heteroatoms. The van der Waals surface area contributed by atoms with Crippen molar-refractivity contribution in [3.63, 3.8) is 0 Å². The van der Waals surface area contributed by atoms with Gasteiger partial charge < -0.3 is 19.5 Å². The summed E-state index contributed by atoms with van der Waals surface area (Å²) in [6.07, 6.45) is 1.70. The first-order chi connectivity index (χ1) is 6.66. The molecular formula is C10H17NO3. The minimum absolute atomic E-state index is 0.128. The average molecular weight is 199 g/mol. The summed E-state index contributed by atoms with van der Waals surface area (Å²) in [5.74, 6) is -0.431. The predicted octanol–water partition coefficient (Wildman–Crippen LogP) is 0.267. The van der Waals surface area contributed by atoms with Crippen molar-refractivity contribution in [1.29, 1.82) is 0 Å². The van der Waals surface area contributed by atoms with Crippen molar-refractivity contribution in [2.24, 2.45) is 0 Å². The summed E-state index contributed by atoms with van der Waals surface area (Å²) in [4.78, 5) is 0. The lowest BCUT2D eigenvalue weighted by atomic mass is 10.0. The summed E-state index contributed by atoms with van der Waals surface area (Å²) in [6.45, 7) is 5.86. The van der Waals surface area contributed by atoms with Crippen molar-refractivity contribution in [3.8, 4) is 0 Å². The molecule has 0 radical (unpaired) electrons. The molecule has 2 bridgehead atoms. The Morgan fingerprint density at radius 2 is 1.86 bits per heavy atom. The summed E-state index contributed by atoms with van der Waals surface area (Å²) in [7, 11) is 0. The minimum atomic E-state index is -0.431. The topological polar surface area (TPSA) is 39.7 Å². The van der Waals surface area contributed by atoms with Crippen LogP contribution in [0.1, 0.15) is 20.3 Å². The molecule has 1 N–H and O–H groups in total. The van der Waals surface area contributed by atoms with Crippen LogP contribution in [0.3, 0.4) is 0 Å². The van der Waals surface area contributed by atoms with Crippen LogP contribution in [0.4, 0.5) is 0 Å². The lowest BCUT2D eigenvalue weighted by Crippen LogP contribution is -2.39. The average Bonchev–Trinajstić information content (AvgIpc) is 2.46. The van der Waals surface area contributed by atoms with Crippen molar-refractivity contribution >= 4 is 0 Å². The fourth-order valence-electron chi connectivity index (χ4n) is 2.66. The van der Waals surface area contributed by atoms with Gasteiger partial charge in [0.15, 0.2) is 5.79 Å². The van der Waals surface area contributed by atoms with E-state index in [4.69, 9.17) is 14.2 Å². The van der Waals surface area contributed by atoms with Crippen LogP contribution in [-0.4, -0.2) is 43.3 Å². The molecular weight excluding hydrogens is 182 g/mol.